The molecular formula is C13H13F2N3S. The van der Waals surface area contributed by atoms with Gasteiger partial charge in [-0.3, -0.25) is 4.98 Å². The second-order valence-corrected chi connectivity index (χ2v) is 6.03. The number of fused-ring (bicyclic) bond motifs is 1. The minimum absolute atomic E-state index is 0.310. The van der Waals surface area contributed by atoms with Gasteiger partial charge in [0.2, 0.25) is 0 Å². The van der Waals surface area contributed by atoms with E-state index in [0.29, 0.717) is 21.6 Å². The average molecular weight is 281 g/mol. The second kappa shape index (κ2) is 4.59. The van der Waals surface area contributed by atoms with E-state index in [0.717, 1.165) is 18.7 Å². The van der Waals surface area contributed by atoms with E-state index in [2.05, 4.69) is 21.5 Å². The van der Waals surface area contributed by atoms with Crippen molar-refractivity contribution in [2.45, 2.75) is 17.6 Å². The van der Waals surface area contributed by atoms with Crippen molar-refractivity contribution >= 4 is 28.6 Å². The molecule has 1 aliphatic rings. The van der Waals surface area contributed by atoms with Crippen molar-refractivity contribution in [3.8, 4) is 0 Å². The summed E-state index contributed by atoms with van der Waals surface area (Å²) in [5, 5.41) is 3.21. The topological polar surface area (TPSA) is 37.8 Å². The van der Waals surface area contributed by atoms with E-state index in [-0.39, 0.29) is 0 Å². The van der Waals surface area contributed by atoms with Gasteiger partial charge in [-0.1, -0.05) is 0 Å². The minimum Gasteiger partial charge on any atom is -0.367 e. The fourth-order valence-electron chi connectivity index (χ4n) is 1.94. The Kier molecular flexibility index (Phi) is 3.05. The fourth-order valence-corrected chi connectivity index (χ4v) is 2.66. The maximum absolute atomic E-state index is 13.2. The molecule has 100 valence electrons. The monoisotopic (exact) mass is 281 g/mol. The quantitative estimate of drug-likeness (QED) is 0.934. The Balaban J connectivity index is 1.83. The summed E-state index contributed by atoms with van der Waals surface area (Å²) >= 11 is 1.85. The van der Waals surface area contributed by atoms with Gasteiger partial charge < -0.3 is 5.32 Å². The van der Waals surface area contributed by atoms with Crippen molar-refractivity contribution < 1.29 is 8.78 Å². The summed E-state index contributed by atoms with van der Waals surface area (Å²) in [6.45, 7) is 0.817. The van der Waals surface area contributed by atoms with E-state index >= 15 is 0 Å². The molecule has 0 atom stereocenters. The zero-order valence-electron chi connectivity index (χ0n) is 10.4. The normalized spacial score (nSPS) is 16.6. The van der Waals surface area contributed by atoms with E-state index in [1.165, 1.54) is 12.8 Å². The third-order valence-corrected chi connectivity index (χ3v) is 4.84. The van der Waals surface area contributed by atoms with Crippen molar-refractivity contribution in [1.82, 2.24) is 9.97 Å². The molecule has 0 unspecified atom stereocenters. The minimum atomic E-state index is -0.901. The molecule has 0 spiro atoms. The number of hydrogen-bond acceptors (Lipinski definition) is 4. The van der Waals surface area contributed by atoms with Crippen molar-refractivity contribution in [3.05, 3.63) is 30.0 Å². The first-order chi connectivity index (χ1) is 9.12. The number of nitrogens with zero attached hydrogens (tertiary/aromatic N) is 2. The van der Waals surface area contributed by atoms with E-state index in [1.807, 2.05) is 11.8 Å². The molecule has 1 saturated carbocycles. The Morgan fingerprint density at radius 2 is 1.95 bits per heavy atom. The van der Waals surface area contributed by atoms with Crippen molar-refractivity contribution in [2.75, 3.05) is 18.1 Å². The standard InChI is InChI=1S/C13H13F2N3S/c1-19-13(2-3-13)7-17-12-6-16-10-4-8(14)9(15)5-11(10)18-12/h4-6H,2-3,7H2,1H3,(H,17,18). The predicted molar refractivity (Wildman–Crippen MR) is 73.4 cm³/mol. The van der Waals surface area contributed by atoms with Crippen LogP contribution in [0.15, 0.2) is 18.3 Å². The molecule has 3 rings (SSSR count). The summed E-state index contributed by atoms with van der Waals surface area (Å²) < 4.78 is 26.5. The Morgan fingerprint density at radius 1 is 1.26 bits per heavy atom. The van der Waals surface area contributed by atoms with E-state index in [4.69, 9.17) is 0 Å². The SMILES string of the molecule is CSC1(CNc2cnc3cc(F)c(F)cc3n2)CC1. The molecule has 1 aliphatic carbocycles. The summed E-state index contributed by atoms with van der Waals surface area (Å²) in [4.78, 5) is 8.34. The summed E-state index contributed by atoms with van der Waals surface area (Å²) in [5.41, 5.74) is 0.716. The zero-order chi connectivity index (χ0) is 13.5. The van der Waals surface area contributed by atoms with Gasteiger partial charge in [0.25, 0.3) is 0 Å². The molecule has 19 heavy (non-hydrogen) atoms. The lowest BCUT2D eigenvalue weighted by Gasteiger charge is -2.13. The Morgan fingerprint density at radius 3 is 2.58 bits per heavy atom. The van der Waals surface area contributed by atoms with Crippen LogP contribution in [0.2, 0.25) is 0 Å². The van der Waals surface area contributed by atoms with Crippen LogP contribution in [0.3, 0.4) is 0 Å². The van der Waals surface area contributed by atoms with Crippen LogP contribution in [-0.4, -0.2) is 27.5 Å². The van der Waals surface area contributed by atoms with Crippen LogP contribution >= 0.6 is 11.8 Å². The van der Waals surface area contributed by atoms with Gasteiger partial charge >= 0.3 is 0 Å². The number of anilines is 1. The maximum Gasteiger partial charge on any atom is 0.161 e. The predicted octanol–water partition coefficient (Wildman–Crippen LogP) is 3.22. The smallest absolute Gasteiger partial charge is 0.161 e. The first kappa shape index (κ1) is 12.6. The Labute approximate surface area is 113 Å². The van der Waals surface area contributed by atoms with Gasteiger partial charge in [0, 0.05) is 23.4 Å². The van der Waals surface area contributed by atoms with Crippen molar-refractivity contribution in [2.24, 2.45) is 0 Å². The molecule has 0 aliphatic heterocycles. The highest BCUT2D eigenvalue weighted by molar-refractivity contribution is 8.00. The largest absolute Gasteiger partial charge is 0.367 e. The molecule has 0 amide bonds. The molecule has 0 bridgehead atoms. The van der Waals surface area contributed by atoms with E-state index in [1.54, 1.807) is 6.20 Å². The second-order valence-electron chi connectivity index (χ2n) is 4.75. The molecule has 6 heteroatoms. The lowest BCUT2D eigenvalue weighted by Crippen LogP contribution is -2.18. The highest BCUT2D eigenvalue weighted by Gasteiger charge is 2.41. The number of benzene rings is 1. The highest BCUT2D eigenvalue weighted by Crippen LogP contribution is 2.46. The van der Waals surface area contributed by atoms with Crippen LogP contribution in [0.5, 0.6) is 0 Å². The van der Waals surface area contributed by atoms with Crippen LogP contribution in [0.1, 0.15) is 12.8 Å². The number of thioether (sulfide) groups is 1. The summed E-state index contributed by atoms with van der Waals surface area (Å²) in [6, 6.07) is 2.13. The van der Waals surface area contributed by atoms with Crippen LogP contribution in [0.4, 0.5) is 14.6 Å². The number of hydrogen-bond donors (Lipinski definition) is 1. The van der Waals surface area contributed by atoms with Gasteiger partial charge in [0.1, 0.15) is 5.82 Å². The van der Waals surface area contributed by atoms with Gasteiger partial charge in [-0.15, -0.1) is 0 Å². The first-order valence-corrected chi connectivity index (χ1v) is 7.25. The van der Waals surface area contributed by atoms with Gasteiger partial charge in [0.05, 0.1) is 17.2 Å². The maximum atomic E-state index is 13.2. The third-order valence-electron chi connectivity index (χ3n) is 3.42. The molecule has 1 fully saturated rings. The van der Waals surface area contributed by atoms with Crippen LogP contribution in [0.25, 0.3) is 11.0 Å². The molecule has 1 aromatic carbocycles. The third kappa shape index (κ3) is 2.49. The van der Waals surface area contributed by atoms with Crippen molar-refractivity contribution in [3.63, 3.8) is 0 Å². The molecule has 1 aromatic heterocycles. The van der Waals surface area contributed by atoms with Crippen LogP contribution < -0.4 is 5.32 Å². The lowest BCUT2D eigenvalue weighted by molar-refractivity contribution is 0.510. The van der Waals surface area contributed by atoms with Crippen molar-refractivity contribution in [1.29, 1.82) is 0 Å². The summed E-state index contributed by atoms with van der Waals surface area (Å²) in [7, 11) is 0. The lowest BCUT2D eigenvalue weighted by atomic mass is 10.3. The average Bonchev–Trinajstić information content (AvgIpc) is 3.18. The zero-order valence-corrected chi connectivity index (χ0v) is 11.2. The van der Waals surface area contributed by atoms with Gasteiger partial charge in [-0.25, -0.2) is 13.8 Å². The number of halogens is 2. The molecule has 1 heterocycles. The number of rotatable bonds is 4. The summed E-state index contributed by atoms with van der Waals surface area (Å²) in [6.07, 6.45) is 6.04. The van der Waals surface area contributed by atoms with Gasteiger partial charge in [-0.05, 0) is 19.1 Å². The van der Waals surface area contributed by atoms with Crippen LogP contribution in [-0.2, 0) is 0 Å². The van der Waals surface area contributed by atoms with E-state index < -0.39 is 11.6 Å². The molecule has 1 N–H and O–H groups in total. The molecule has 0 saturated heterocycles. The highest BCUT2D eigenvalue weighted by atomic mass is 32.2. The van der Waals surface area contributed by atoms with E-state index in [9.17, 15) is 8.78 Å². The number of aromatic nitrogens is 2. The van der Waals surface area contributed by atoms with Crippen LogP contribution in [0, 0.1) is 11.6 Å². The summed E-state index contributed by atoms with van der Waals surface area (Å²) in [5.74, 6) is -1.21. The number of nitrogens with one attached hydrogen (secondary N) is 1. The Hall–Kier alpha value is -1.43. The molecular weight excluding hydrogens is 268 g/mol. The Bertz CT molecular complexity index is 629. The first-order valence-electron chi connectivity index (χ1n) is 6.03. The molecule has 0 radical (unpaired) electrons. The molecule has 2 aromatic rings. The van der Waals surface area contributed by atoms with Gasteiger partial charge in [-0.2, -0.15) is 11.8 Å². The molecule has 3 nitrogen and oxygen atoms in total. The van der Waals surface area contributed by atoms with Gasteiger partial charge in [0.15, 0.2) is 11.6 Å². The fraction of sp³-hybridized carbons (Fsp3) is 0.385.